The molecule has 5 heteroatoms. The molecule has 0 radical (unpaired) electrons. The van der Waals surface area contributed by atoms with Gasteiger partial charge in [-0.3, -0.25) is 0 Å². The molecule has 0 aromatic heterocycles. The summed E-state index contributed by atoms with van der Waals surface area (Å²) >= 11 is 0. The summed E-state index contributed by atoms with van der Waals surface area (Å²) in [5, 5.41) is 3.05. The van der Waals surface area contributed by atoms with Gasteiger partial charge in [-0.05, 0) is 54.6 Å². The van der Waals surface area contributed by atoms with Gasteiger partial charge in [-0.15, -0.1) is 0 Å². The molecule has 1 N–H and O–H groups in total. The fraction of sp³-hybridized carbons (Fsp3) is 0.500. The second-order valence-electron chi connectivity index (χ2n) is 9.40. The third kappa shape index (κ3) is 6.73. The molecule has 2 amide bonds. The summed E-state index contributed by atoms with van der Waals surface area (Å²) in [5.41, 5.74) is 3.26. The van der Waals surface area contributed by atoms with Crippen LogP contribution in [-0.4, -0.2) is 49.1 Å². The number of hydrogen-bond acceptors (Lipinski definition) is 3. The molecule has 0 bridgehead atoms. The van der Waals surface area contributed by atoms with Crippen molar-refractivity contribution in [2.75, 3.05) is 38.6 Å². The van der Waals surface area contributed by atoms with Gasteiger partial charge in [0.2, 0.25) is 0 Å². The molecular formula is C26H37N3O2. The second-order valence-corrected chi connectivity index (χ2v) is 9.40. The van der Waals surface area contributed by atoms with Crippen LogP contribution in [-0.2, 0) is 12.0 Å². The van der Waals surface area contributed by atoms with Gasteiger partial charge in [-0.2, -0.15) is 0 Å². The molecule has 1 aliphatic heterocycles. The van der Waals surface area contributed by atoms with Gasteiger partial charge in [-0.25, -0.2) is 4.79 Å². The highest BCUT2D eigenvalue weighted by atomic mass is 16.5. The minimum Gasteiger partial charge on any atom is -0.495 e. The molecule has 5 nitrogen and oxygen atoms in total. The van der Waals surface area contributed by atoms with Gasteiger partial charge < -0.3 is 19.9 Å². The minimum absolute atomic E-state index is 0.0959. The van der Waals surface area contributed by atoms with E-state index in [1.165, 1.54) is 24.8 Å². The topological polar surface area (TPSA) is 44.8 Å². The summed E-state index contributed by atoms with van der Waals surface area (Å²) in [6.45, 7) is 11.1. The number of rotatable bonds is 7. The van der Waals surface area contributed by atoms with Gasteiger partial charge in [0.05, 0.1) is 12.8 Å². The number of hydrogen-bond donors (Lipinski definition) is 1. The first-order valence-electron chi connectivity index (χ1n) is 11.4. The molecule has 0 spiro atoms. The molecule has 0 saturated carbocycles. The largest absolute Gasteiger partial charge is 0.495 e. The van der Waals surface area contributed by atoms with Gasteiger partial charge in [-0.1, -0.05) is 63.6 Å². The Balaban J connectivity index is 1.72. The van der Waals surface area contributed by atoms with E-state index in [4.69, 9.17) is 4.74 Å². The number of anilines is 1. The van der Waals surface area contributed by atoms with Crippen LogP contribution in [0, 0.1) is 0 Å². The second kappa shape index (κ2) is 10.7. The van der Waals surface area contributed by atoms with Crippen molar-refractivity contribution < 1.29 is 9.53 Å². The number of para-hydroxylation sites is 2. The van der Waals surface area contributed by atoms with E-state index in [0.29, 0.717) is 24.5 Å². The molecule has 1 aliphatic rings. The maximum atomic E-state index is 13.2. The van der Waals surface area contributed by atoms with Crippen LogP contribution in [0.3, 0.4) is 0 Å². The summed E-state index contributed by atoms with van der Waals surface area (Å²) in [7, 11) is 1.62. The zero-order valence-electron chi connectivity index (χ0n) is 19.5. The van der Waals surface area contributed by atoms with Crippen LogP contribution in [0.2, 0.25) is 0 Å². The maximum absolute atomic E-state index is 13.2. The first-order valence-corrected chi connectivity index (χ1v) is 11.4. The van der Waals surface area contributed by atoms with Gasteiger partial charge in [0.25, 0.3) is 0 Å². The van der Waals surface area contributed by atoms with Crippen LogP contribution in [0.5, 0.6) is 5.75 Å². The lowest BCUT2D eigenvalue weighted by Crippen LogP contribution is -2.42. The zero-order valence-corrected chi connectivity index (χ0v) is 19.5. The summed E-state index contributed by atoms with van der Waals surface area (Å²) in [5.74, 6) is 0.668. The van der Waals surface area contributed by atoms with Gasteiger partial charge in [0.1, 0.15) is 5.75 Å². The van der Waals surface area contributed by atoms with Crippen molar-refractivity contribution in [3.8, 4) is 5.75 Å². The summed E-state index contributed by atoms with van der Waals surface area (Å²) in [6.07, 6.45) is 3.82. The van der Waals surface area contributed by atoms with Crippen LogP contribution < -0.4 is 10.1 Å². The van der Waals surface area contributed by atoms with Gasteiger partial charge in [0.15, 0.2) is 0 Å². The highest BCUT2D eigenvalue weighted by Gasteiger charge is 2.19. The minimum atomic E-state index is -0.0959. The number of carbonyl (C=O) groups excluding carboxylic acids is 1. The Kier molecular flexibility index (Phi) is 7.97. The predicted molar refractivity (Wildman–Crippen MR) is 128 cm³/mol. The van der Waals surface area contributed by atoms with E-state index in [1.54, 1.807) is 7.11 Å². The van der Waals surface area contributed by atoms with Gasteiger partial charge in [0, 0.05) is 19.6 Å². The lowest BCUT2D eigenvalue weighted by Gasteiger charge is -2.30. The van der Waals surface area contributed by atoms with Crippen molar-refractivity contribution >= 4 is 11.7 Å². The molecule has 2 aromatic rings. The molecule has 1 heterocycles. The molecular weight excluding hydrogens is 386 g/mol. The fourth-order valence-corrected chi connectivity index (χ4v) is 3.97. The average molecular weight is 424 g/mol. The number of likely N-dealkylation sites (tertiary alicyclic amines) is 1. The molecule has 0 atom stereocenters. The molecule has 0 unspecified atom stereocenters. The first kappa shape index (κ1) is 23.1. The van der Waals surface area contributed by atoms with E-state index in [1.807, 2.05) is 29.2 Å². The number of ether oxygens (including phenoxy) is 1. The van der Waals surface area contributed by atoms with Crippen molar-refractivity contribution in [3.63, 3.8) is 0 Å². The number of nitrogens with one attached hydrogen (secondary N) is 1. The standard InChI is InChI=1S/C26H37N3O2/c1-26(2,3)22-14-12-21(13-15-22)20-29(19-18-28-16-8-5-9-17-28)25(30)27-23-10-6-7-11-24(23)31-4/h6-7,10-15H,5,8-9,16-20H2,1-4H3,(H,27,30). The Morgan fingerprint density at radius 2 is 1.71 bits per heavy atom. The quantitative estimate of drug-likeness (QED) is 0.638. The SMILES string of the molecule is COc1ccccc1NC(=O)N(CCN1CCCCC1)Cc1ccc(C(C)(C)C)cc1. The number of urea groups is 1. The van der Waals surface area contributed by atoms with Crippen LogP contribution in [0.25, 0.3) is 0 Å². The lowest BCUT2D eigenvalue weighted by molar-refractivity contribution is 0.178. The number of amides is 2. The molecule has 31 heavy (non-hydrogen) atoms. The Morgan fingerprint density at radius 1 is 1.03 bits per heavy atom. The van der Waals surface area contributed by atoms with Crippen molar-refractivity contribution in [2.45, 2.75) is 52.0 Å². The maximum Gasteiger partial charge on any atom is 0.322 e. The van der Waals surface area contributed by atoms with E-state index in [9.17, 15) is 4.79 Å². The van der Waals surface area contributed by atoms with Crippen molar-refractivity contribution in [1.82, 2.24) is 9.80 Å². The number of methoxy groups -OCH3 is 1. The van der Waals surface area contributed by atoms with E-state index < -0.39 is 0 Å². The molecule has 2 aromatic carbocycles. The molecule has 1 saturated heterocycles. The van der Waals surface area contributed by atoms with Crippen molar-refractivity contribution in [1.29, 1.82) is 0 Å². The monoisotopic (exact) mass is 423 g/mol. The average Bonchev–Trinajstić information content (AvgIpc) is 2.77. The van der Waals surface area contributed by atoms with Crippen LogP contribution in [0.1, 0.15) is 51.2 Å². The Bertz CT molecular complexity index is 836. The number of piperidine rings is 1. The first-order chi connectivity index (χ1) is 14.9. The third-order valence-electron chi connectivity index (χ3n) is 5.96. The Labute approximate surface area is 187 Å². The summed E-state index contributed by atoms with van der Waals surface area (Å²) in [6, 6.07) is 16.1. The van der Waals surface area contributed by atoms with E-state index >= 15 is 0 Å². The van der Waals surface area contributed by atoms with E-state index in [0.717, 1.165) is 25.2 Å². The molecule has 0 aliphatic carbocycles. The Hall–Kier alpha value is -2.53. The number of benzene rings is 2. The van der Waals surface area contributed by atoms with E-state index in [-0.39, 0.29) is 11.4 Å². The summed E-state index contributed by atoms with van der Waals surface area (Å²) < 4.78 is 5.40. The van der Waals surface area contributed by atoms with E-state index in [2.05, 4.69) is 55.3 Å². The smallest absolute Gasteiger partial charge is 0.322 e. The number of nitrogens with zero attached hydrogens (tertiary/aromatic N) is 2. The molecule has 1 fully saturated rings. The normalized spacial score (nSPS) is 14.8. The molecule has 3 rings (SSSR count). The van der Waals surface area contributed by atoms with Crippen LogP contribution in [0.4, 0.5) is 10.5 Å². The highest BCUT2D eigenvalue weighted by molar-refractivity contribution is 5.91. The number of carbonyl (C=O) groups is 1. The van der Waals surface area contributed by atoms with Crippen molar-refractivity contribution in [3.05, 3.63) is 59.7 Å². The van der Waals surface area contributed by atoms with Crippen LogP contribution in [0.15, 0.2) is 48.5 Å². The highest BCUT2D eigenvalue weighted by Crippen LogP contribution is 2.25. The third-order valence-corrected chi connectivity index (χ3v) is 5.96. The lowest BCUT2D eigenvalue weighted by atomic mass is 9.87. The van der Waals surface area contributed by atoms with Crippen molar-refractivity contribution in [2.24, 2.45) is 0 Å². The predicted octanol–water partition coefficient (Wildman–Crippen LogP) is 5.51. The Morgan fingerprint density at radius 3 is 2.35 bits per heavy atom. The van der Waals surface area contributed by atoms with Gasteiger partial charge >= 0.3 is 6.03 Å². The molecule has 168 valence electrons. The zero-order chi connectivity index (χ0) is 22.3. The summed E-state index contributed by atoms with van der Waals surface area (Å²) in [4.78, 5) is 17.6. The fourth-order valence-electron chi connectivity index (χ4n) is 3.97. The van der Waals surface area contributed by atoms with Crippen LogP contribution >= 0.6 is 0 Å².